The molecule has 0 atom stereocenters. The second-order valence-corrected chi connectivity index (χ2v) is 5.60. The number of nitrogens with zero attached hydrogens (tertiary/aromatic N) is 1. The van der Waals surface area contributed by atoms with Crippen LogP contribution in [0.1, 0.15) is 29.6 Å². The highest BCUT2D eigenvalue weighted by Gasteiger charge is 2.10. The molecule has 0 bridgehead atoms. The number of carbonyl (C=O) groups is 1. The maximum atomic E-state index is 11.7. The lowest BCUT2D eigenvalue weighted by Crippen LogP contribution is -2.35. The summed E-state index contributed by atoms with van der Waals surface area (Å²) in [5.74, 6) is -0.203. The monoisotopic (exact) mass is 326 g/mol. The molecule has 1 heterocycles. The molecular weight excluding hydrogens is 308 g/mol. The van der Waals surface area contributed by atoms with Crippen molar-refractivity contribution in [2.45, 2.75) is 19.3 Å². The third-order valence-corrected chi connectivity index (χ3v) is 3.76. The van der Waals surface area contributed by atoms with Crippen LogP contribution in [-0.2, 0) is 4.84 Å². The molecule has 0 aromatic heterocycles. The Labute approximate surface area is 122 Å². The summed E-state index contributed by atoms with van der Waals surface area (Å²) in [6.07, 6.45) is 3.87. The van der Waals surface area contributed by atoms with Gasteiger partial charge in [0.2, 0.25) is 0 Å². The van der Waals surface area contributed by atoms with Crippen LogP contribution in [0.2, 0.25) is 0 Å². The molecule has 5 heteroatoms. The van der Waals surface area contributed by atoms with Gasteiger partial charge in [0.1, 0.15) is 0 Å². The van der Waals surface area contributed by atoms with Gasteiger partial charge in [-0.1, -0.05) is 22.4 Å². The van der Waals surface area contributed by atoms with Gasteiger partial charge in [-0.25, -0.2) is 5.48 Å². The number of hydrogen-bond donors (Lipinski definition) is 1. The van der Waals surface area contributed by atoms with Crippen LogP contribution in [0.3, 0.4) is 0 Å². The van der Waals surface area contributed by atoms with Gasteiger partial charge in [0.15, 0.2) is 0 Å². The van der Waals surface area contributed by atoms with Crippen LogP contribution in [0.5, 0.6) is 0 Å². The first-order chi connectivity index (χ1) is 9.25. The van der Waals surface area contributed by atoms with Gasteiger partial charge in [-0.15, -0.1) is 0 Å². The van der Waals surface area contributed by atoms with Crippen LogP contribution in [0, 0.1) is 0 Å². The van der Waals surface area contributed by atoms with Crippen LogP contribution in [0.25, 0.3) is 0 Å². The first-order valence-electron chi connectivity index (χ1n) is 6.66. The molecule has 0 saturated carbocycles. The number of benzene rings is 1. The number of halogens is 1. The lowest BCUT2D eigenvalue weighted by molar-refractivity contribution is 0.0206. The van der Waals surface area contributed by atoms with Crippen molar-refractivity contribution < 1.29 is 9.63 Å². The summed E-state index contributed by atoms with van der Waals surface area (Å²) < 4.78 is 0.954. The van der Waals surface area contributed by atoms with Crippen molar-refractivity contribution in [1.82, 2.24) is 10.4 Å². The fraction of sp³-hybridized carbons (Fsp3) is 0.500. The van der Waals surface area contributed by atoms with Crippen LogP contribution in [0.4, 0.5) is 0 Å². The molecule has 2 rings (SSSR count). The average molecular weight is 327 g/mol. The molecule has 1 aliphatic rings. The van der Waals surface area contributed by atoms with E-state index in [1.807, 2.05) is 12.1 Å². The van der Waals surface area contributed by atoms with Crippen molar-refractivity contribution in [3.05, 3.63) is 34.3 Å². The zero-order valence-corrected chi connectivity index (χ0v) is 12.5. The summed E-state index contributed by atoms with van der Waals surface area (Å²) in [6.45, 7) is 3.69. The summed E-state index contributed by atoms with van der Waals surface area (Å²) >= 11 is 3.33. The predicted octanol–water partition coefficient (Wildman–Crippen LogP) is 2.60. The van der Waals surface area contributed by atoms with Crippen LogP contribution in [-0.4, -0.2) is 37.0 Å². The molecule has 1 saturated heterocycles. The van der Waals surface area contributed by atoms with Gasteiger partial charge in [0, 0.05) is 16.6 Å². The minimum absolute atomic E-state index is 0.203. The molecule has 1 aromatic carbocycles. The van der Waals surface area contributed by atoms with Gasteiger partial charge in [0.05, 0.1) is 6.61 Å². The van der Waals surface area contributed by atoms with Crippen LogP contribution >= 0.6 is 15.9 Å². The van der Waals surface area contributed by atoms with E-state index in [-0.39, 0.29) is 5.91 Å². The molecule has 0 unspecified atom stereocenters. The second-order valence-electron chi connectivity index (χ2n) is 4.69. The van der Waals surface area contributed by atoms with Crippen molar-refractivity contribution in [2.75, 3.05) is 26.2 Å². The van der Waals surface area contributed by atoms with Crippen molar-refractivity contribution in [3.8, 4) is 0 Å². The first-order valence-corrected chi connectivity index (χ1v) is 7.45. The number of amides is 1. The Morgan fingerprint density at radius 1 is 1.21 bits per heavy atom. The van der Waals surface area contributed by atoms with Gasteiger partial charge in [-0.3, -0.25) is 9.63 Å². The fourth-order valence-corrected chi connectivity index (χ4v) is 2.40. The third-order valence-electron chi connectivity index (χ3n) is 3.23. The van der Waals surface area contributed by atoms with Crippen molar-refractivity contribution >= 4 is 21.8 Å². The third kappa shape index (κ3) is 4.93. The quantitative estimate of drug-likeness (QED) is 0.668. The Hall–Kier alpha value is -0.910. The first kappa shape index (κ1) is 14.5. The number of nitrogens with one attached hydrogen (secondary N) is 1. The number of hydrogen-bond acceptors (Lipinski definition) is 3. The van der Waals surface area contributed by atoms with E-state index in [0.29, 0.717) is 12.2 Å². The number of hydroxylamine groups is 1. The second kappa shape index (κ2) is 7.62. The highest BCUT2D eigenvalue weighted by atomic mass is 79.9. The Morgan fingerprint density at radius 3 is 2.58 bits per heavy atom. The maximum Gasteiger partial charge on any atom is 0.274 e. The normalized spacial score (nSPS) is 16.3. The van der Waals surface area contributed by atoms with E-state index < -0.39 is 0 Å². The Kier molecular flexibility index (Phi) is 5.82. The molecule has 1 fully saturated rings. The number of carbonyl (C=O) groups excluding carboxylic acids is 1. The Morgan fingerprint density at radius 2 is 1.89 bits per heavy atom. The SMILES string of the molecule is O=C(NOCCN1CCCCC1)c1ccc(Br)cc1. The van der Waals surface area contributed by atoms with Crippen molar-refractivity contribution in [2.24, 2.45) is 0 Å². The van der Waals surface area contributed by atoms with Gasteiger partial charge >= 0.3 is 0 Å². The summed E-state index contributed by atoms with van der Waals surface area (Å²) in [4.78, 5) is 19.3. The summed E-state index contributed by atoms with van der Waals surface area (Å²) in [5.41, 5.74) is 3.08. The smallest absolute Gasteiger partial charge is 0.274 e. The van der Waals surface area contributed by atoms with Gasteiger partial charge in [-0.05, 0) is 50.2 Å². The number of piperidine rings is 1. The highest BCUT2D eigenvalue weighted by molar-refractivity contribution is 9.10. The fourth-order valence-electron chi connectivity index (χ4n) is 2.13. The summed E-state index contributed by atoms with van der Waals surface area (Å²) in [7, 11) is 0. The minimum atomic E-state index is -0.203. The molecule has 0 spiro atoms. The van der Waals surface area contributed by atoms with E-state index in [4.69, 9.17) is 4.84 Å². The highest BCUT2D eigenvalue weighted by Crippen LogP contribution is 2.10. The Balaban J connectivity index is 1.64. The topological polar surface area (TPSA) is 41.6 Å². The predicted molar refractivity (Wildman–Crippen MR) is 77.9 cm³/mol. The number of rotatable bonds is 5. The molecule has 1 N–H and O–H groups in total. The number of likely N-dealkylation sites (tertiary alicyclic amines) is 1. The molecule has 0 radical (unpaired) electrons. The van der Waals surface area contributed by atoms with Gasteiger partial charge < -0.3 is 4.90 Å². The van der Waals surface area contributed by atoms with Gasteiger partial charge in [-0.2, -0.15) is 0 Å². The molecule has 1 aliphatic heterocycles. The molecule has 1 amide bonds. The van der Waals surface area contributed by atoms with E-state index >= 15 is 0 Å². The maximum absolute atomic E-state index is 11.7. The largest absolute Gasteiger partial charge is 0.301 e. The zero-order valence-electron chi connectivity index (χ0n) is 10.9. The molecule has 104 valence electrons. The van der Waals surface area contributed by atoms with E-state index in [1.54, 1.807) is 12.1 Å². The molecular formula is C14H19BrN2O2. The van der Waals surface area contributed by atoms with Crippen LogP contribution in [0.15, 0.2) is 28.7 Å². The molecule has 4 nitrogen and oxygen atoms in total. The Bertz CT molecular complexity index is 402. The lowest BCUT2D eigenvalue weighted by Gasteiger charge is -2.25. The van der Waals surface area contributed by atoms with E-state index in [2.05, 4.69) is 26.3 Å². The molecule has 1 aromatic rings. The zero-order chi connectivity index (χ0) is 13.5. The van der Waals surface area contributed by atoms with Gasteiger partial charge in [0.25, 0.3) is 5.91 Å². The van der Waals surface area contributed by atoms with Crippen molar-refractivity contribution in [3.63, 3.8) is 0 Å². The summed E-state index contributed by atoms with van der Waals surface area (Å²) in [6, 6.07) is 7.19. The van der Waals surface area contributed by atoms with E-state index in [9.17, 15) is 4.79 Å². The van der Waals surface area contributed by atoms with Crippen molar-refractivity contribution in [1.29, 1.82) is 0 Å². The lowest BCUT2D eigenvalue weighted by atomic mass is 10.1. The molecule has 0 aliphatic carbocycles. The van der Waals surface area contributed by atoms with Crippen LogP contribution < -0.4 is 5.48 Å². The minimum Gasteiger partial charge on any atom is -0.301 e. The standard InChI is InChI=1S/C14H19BrN2O2/c15-13-6-4-12(5-7-13)14(18)16-19-11-10-17-8-2-1-3-9-17/h4-7H,1-3,8-11H2,(H,16,18). The molecule has 19 heavy (non-hydrogen) atoms. The van der Waals surface area contributed by atoms with E-state index in [1.165, 1.54) is 19.3 Å². The van der Waals surface area contributed by atoms with E-state index in [0.717, 1.165) is 24.1 Å². The summed E-state index contributed by atoms with van der Waals surface area (Å²) in [5, 5.41) is 0. The average Bonchev–Trinajstić information content (AvgIpc) is 2.45.